The lowest BCUT2D eigenvalue weighted by atomic mass is 10.1. The third-order valence-electron chi connectivity index (χ3n) is 2.66. The highest BCUT2D eigenvalue weighted by atomic mass is 16.6. The summed E-state index contributed by atoms with van der Waals surface area (Å²) in [7, 11) is 0. The molecule has 0 saturated carbocycles. The zero-order valence-corrected chi connectivity index (χ0v) is 11.8. The topological polar surface area (TPSA) is 65.5 Å². The second-order valence-corrected chi connectivity index (χ2v) is 4.43. The van der Waals surface area contributed by atoms with Gasteiger partial charge in [0, 0.05) is 32.5 Å². The van der Waals surface area contributed by atoms with Crippen molar-refractivity contribution in [2.75, 3.05) is 0 Å². The number of aromatic nitrogens is 1. The van der Waals surface area contributed by atoms with Crippen molar-refractivity contribution < 1.29 is 19.1 Å². The summed E-state index contributed by atoms with van der Waals surface area (Å²) < 4.78 is 10.2. The van der Waals surface area contributed by atoms with Crippen LogP contribution in [0.2, 0.25) is 0 Å². The molecule has 2 aromatic rings. The molecule has 0 saturated heterocycles. The molecular weight excluding hydrogens is 270 g/mol. The van der Waals surface area contributed by atoms with E-state index in [1.54, 1.807) is 0 Å². The standard InChI is InChI=1S/C16H15NO4/c1-11(18)20-15-8-9-17-14(16(15)21-12(2)19)10-13-6-4-3-5-7-13/h3-9H,10H2,1-2H3. The Bertz CT molecular complexity index is 653. The van der Waals surface area contributed by atoms with Gasteiger partial charge in [0.15, 0.2) is 11.5 Å². The van der Waals surface area contributed by atoms with E-state index in [-0.39, 0.29) is 11.5 Å². The maximum absolute atomic E-state index is 11.3. The second kappa shape index (κ2) is 6.65. The van der Waals surface area contributed by atoms with Gasteiger partial charge in [0.2, 0.25) is 0 Å². The Balaban J connectivity index is 2.39. The van der Waals surface area contributed by atoms with Gasteiger partial charge >= 0.3 is 11.9 Å². The molecule has 0 aliphatic rings. The zero-order valence-electron chi connectivity index (χ0n) is 11.8. The van der Waals surface area contributed by atoms with Crippen LogP contribution in [-0.4, -0.2) is 16.9 Å². The molecule has 1 aromatic heterocycles. The van der Waals surface area contributed by atoms with Crippen LogP contribution in [0.4, 0.5) is 0 Å². The van der Waals surface area contributed by atoms with Crippen LogP contribution in [0.3, 0.4) is 0 Å². The van der Waals surface area contributed by atoms with Gasteiger partial charge in [-0.05, 0) is 5.56 Å². The van der Waals surface area contributed by atoms with Crippen LogP contribution >= 0.6 is 0 Å². The monoisotopic (exact) mass is 285 g/mol. The van der Waals surface area contributed by atoms with Gasteiger partial charge in [-0.25, -0.2) is 0 Å². The number of carbonyl (C=O) groups excluding carboxylic acids is 2. The molecule has 1 aromatic carbocycles. The maximum Gasteiger partial charge on any atom is 0.308 e. The Labute approximate surface area is 122 Å². The van der Waals surface area contributed by atoms with Crippen LogP contribution in [0.15, 0.2) is 42.6 Å². The molecular formula is C16H15NO4. The Morgan fingerprint density at radius 2 is 1.67 bits per heavy atom. The molecule has 0 aliphatic carbocycles. The van der Waals surface area contributed by atoms with Crippen LogP contribution in [0.25, 0.3) is 0 Å². The van der Waals surface area contributed by atoms with Crippen molar-refractivity contribution in [3.63, 3.8) is 0 Å². The van der Waals surface area contributed by atoms with Crippen molar-refractivity contribution in [1.29, 1.82) is 0 Å². The van der Waals surface area contributed by atoms with Gasteiger partial charge in [-0.3, -0.25) is 14.6 Å². The first-order chi connectivity index (χ1) is 10.1. The van der Waals surface area contributed by atoms with Gasteiger partial charge in [0.1, 0.15) is 0 Å². The number of esters is 2. The fourth-order valence-electron chi connectivity index (χ4n) is 1.87. The number of hydrogen-bond donors (Lipinski definition) is 0. The summed E-state index contributed by atoms with van der Waals surface area (Å²) >= 11 is 0. The average molecular weight is 285 g/mol. The summed E-state index contributed by atoms with van der Waals surface area (Å²) in [6.45, 7) is 2.58. The van der Waals surface area contributed by atoms with E-state index in [1.807, 2.05) is 30.3 Å². The fraction of sp³-hybridized carbons (Fsp3) is 0.188. The van der Waals surface area contributed by atoms with Crippen molar-refractivity contribution in [1.82, 2.24) is 4.98 Å². The van der Waals surface area contributed by atoms with Crippen molar-refractivity contribution in [2.45, 2.75) is 20.3 Å². The number of carbonyl (C=O) groups is 2. The molecule has 108 valence electrons. The first-order valence-corrected chi connectivity index (χ1v) is 6.45. The molecule has 0 amide bonds. The van der Waals surface area contributed by atoms with Crippen LogP contribution in [0, 0.1) is 0 Å². The second-order valence-electron chi connectivity index (χ2n) is 4.43. The van der Waals surface area contributed by atoms with Crippen LogP contribution in [0.5, 0.6) is 11.5 Å². The predicted molar refractivity (Wildman–Crippen MR) is 76.1 cm³/mol. The molecule has 0 fully saturated rings. The van der Waals surface area contributed by atoms with Gasteiger partial charge in [-0.1, -0.05) is 30.3 Å². The molecule has 0 unspecified atom stereocenters. The van der Waals surface area contributed by atoms with Crippen LogP contribution < -0.4 is 9.47 Å². The number of benzene rings is 1. The fourth-order valence-corrected chi connectivity index (χ4v) is 1.87. The summed E-state index contributed by atoms with van der Waals surface area (Å²) in [5.41, 5.74) is 1.55. The number of rotatable bonds is 4. The lowest BCUT2D eigenvalue weighted by molar-refractivity contribution is -0.134. The summed E-state index contributed by atoms with van der Waals surface area (Å²) in [6.07, 6.45) is 1.99. The molecule has 1 heterocycles. The van der Waals surface area contributed by atoms with Gasteiger partial charge in [0.05, 0.1) is 5.69 Å². The maximum atomic E-state index is 11.3. The summed E-state index contributed by atoms with van der Waals surface area (Å²) in [5, 5.41) is 0. The summed E-state index contributed by atoms with van der Waals surface area (Å²) in [5.74, 6) is -0.603. The lowest BCUT2D eigenvalue weighted by Crippen LogP contribution is -2.10. The quantitative estimate of drug-likeness (QED) is 0.808. The minimum atomic E-state index is -0.495. The highest BCUT2D eigenvalue weighted by Gasteiger charge is 2.16. The molecule has 0 atom stereocenters. The Morgan fingerprint density at radius 3 is 2.29 bits per heavy atom. The predicted octanol–water partition coefficient (Wildman–Crippen LogP) is 2.52. The minimum absolute atomic E-state index is 0.184. The molecule has 2 rings (SSSR count). The van der Waals surface area contributed by atoms with E-state index in [2.05, 4.69) is 4.98 Å². The van der Waals surface area contributed by atoms with Gasteiger partial charge in [-0.15, -0.1) is 0 Å². The largest absolute Gasteiger partial charge is 0.423 e. The molecule has 21 heavy (non-hydrogen) atoms. The first kappa shape index (κ1) is 14.7. The Hall–Kier alpha value is -2.69. The lowest BCUT2D eigenvalue weighted by Gasteiger charge is -2.12. The van der Waals surface area contributed by atoms with Gasteiger partial charge in [0.25, 0.3) is 0 Å². The van der Waals surface area contributed by atoms with E-state index in [0.717, 1.165) is 5.56 Å². The smallest absolute Gasteiger partial charge is 0.308 e. The van der Waals surface area contributed by atoms with E-state index in [0.29, 0.717) is 12.1 Å². The average Bonchev–Trinajstić information content (AvgIpc) is 2.42. The SMILES string of the molecule is CC(=O)Oc1ccnc(Cc2ccccc2)c1OC(C)=O. The van der Waals surface area contributed by atoms with E-state index in [1.165, 1.54) is 26.1 Å². The normalized spacial score (nSPS) is 10.0. The van der Waals surface area contributed by atoms with Gasteiger partial charge < -0.3 is 9.47 Å². The summed E-state index contributed by atoms with van der Waals surface area (Å²) in [4.78, 5) is 26.6. The third-order valence-corrected chi connectivity index (χ3v) is 2.66. The molecule has 0 spiro atoms. The zero-order chi connectivity index (χ0) is 15.2. The van der Waals surface area contributed by atoms with Crippen molar-refractivity contribution >= 4 is 11.9 Å². The number of pyridine rings is 1. The Morgan fingerprint density at radius 1 is 1.00 bits per heavy atom. The van der Waals surface area contributed by atoms with E-state index in [9.17, 15) is 9.59 Å². The first-order valence-electron chi connectivity index (χ1n) is 6.45. The highest BCUT2D eigenvalue weighted by Crippen LogP contribution is 2.31. The number of nitrogens with zero attached hydrogens (tertiary/aromatic N) is 1. The van der Waals surface area contributed by atoms with Crippen LogP contribution in [0.1, 0.15) is 25.1 Å². The molecule has 0 radical (unpaired) electrons. The molecule has 5 nitrogen and oxygen atoms in total. The van der Waals surface area contributed by atoms with Crippen molar-refractivity contribution in [2.24, 2.45) is 0 Å². The van der Waals surface area contributed by atoms with Crippen molar-refractivity contribution in [3.8, 4) is 11.5 Å². The number of hydrogen-bond acceptors (Lipinski definition) is 5. The third kappa shape index (κ3) is 4.14. The molecule has 0 N–H and O–H groups in total. The van der Waals surface area contributed by atoms with E-state index < -0.39 is 11.9 Å². The van der Waals surface area contributed by atoms with Crippen molar-refractivity contribution in [3.05, 3.63) is 53.9 Å². The van der Waals surface area contributed by atoms with Gasteiger partial charge in [-0.2, -0.15) is 0 Å². The molecule has 0 bridgehead atoms. The Kier molecular flexibility index (Phi) is 4.66. The number of ether oxygens (including phenoxy) is 2. The minimum Gasteiger partial charge on any atom is -0.423 e. The molecule has 0 aliphatic heterocycles. The summed E-state index contributed by atoms with van der Waals surface area (Å²) in [6, 6.07) is 11.1. The van der Waals surface area contributed by atoms with E-state index >= 15 is 0 Å². The van der Waals surface area contributed by atoms with Crippen LogP contribution in [-0.2, 0) is 16.0 Å². The molecule has 5 heteroatoms. The van der Waals surface area contributed by atoms with E-state index in [4.69, 9.17) is 9.47 Å². The highest BCUT2D eigenvalue weighted by molar-refractivity contribution is 5.74.